The molecule has 0 saturated heterocycles. The van der Waals surface area contributed by atoms with Crippen LogP contribution in [0.5, 0.6) is 0 Å². The molecule has 0 spiro atoms. The fourth-order valence-electron chi connectivity index (χ4n) is 1.95. The molecule has 17 heavy (non-hydrogen) atoms. The molecule has 0 aliphatic carbocycles. The molecule has 0 aliphatic rings. The van der Waals surface area contributed by atoms with Crippen molar-refractivity contribution < 1.29 is 10.2 Å². The predicted octanol–water partition coefficient (Wildman–Crippen LogP) is 1.69. The summed E-state index contributed by atoms with van der Waals surface area (Å²) in [5.41, 5.74) is -0.502. The maximum atomic E-state index is 10.5. The van der Waals surface area contributed by atoms with E-state index in [0.717, 1.165) is 10.9 Å². The zero-order valence-electron chi connectivity index (χ0n) is 9.97. The molecular weight excluding hydrogens is 234 g/mol. The second-order valence-electron chi connectivity index (χ2n) is 4.27. The van der Waals surface area contributed by atoms with E-state index in [-0.39, 0.29) is 12.6 Å². The van der Waals surface area contributed by atoms with Crippen LogP contribution >= 0.6 is 11.3 Å². The minimum atomic E-state index is -1.25. The molecular formula is C13H17NO2S. The standard InChI is InChI=1S/C13H17NO2S/c1-9(14-2)13(16,8-15)11-3-4-12-10(7-11)5-6-17-12/h3-7,9,14-16H,8H2,1-2H3. The Morgan fingerprint density at radius 2 is 2.18 bits per heavy atom. The molecule has 3 N–H and O–H groups in total. The number of fused-ring (bicyclic) bond motifs is 1. The summed E-state index contributed by atoms with van der Waals surface area (Å²) in [7, 11) is 1.77. The third-order valence-corrected chi connectivity index (χ3v) is 4.24. The van der Waals surface area contributed by atoms with Crippen molar-refractivity contribution in [1.82, 2.24) is 5.32 Å². The zero-order valence-corrected chi connectivity index (χ0v) is 10.8. The predicted molar refractivity (Wildman–Crippen MR) is 71.3 cm³/mol. The summed E-state index contributed by atoms with van der Waals surface area (Å²) in [4.78, 5) is 0. The van der Waals surface area contributed by atoms with E-state index in [1.807, 2.05) is 36.6 Å². The highest BCUT2D eigenvalue weighted by molar-refractivity contribution is 7.17. The molecule has 0 fully saturated rings. The van der Waals surface area contributed by atoms with E-state index in [1.165, 1.54) is 4.70 Å². The van der Waals surface area contributed by atoms with Crippen LogP contribution in [0.25, 0.3) is 10.1 Å². The smallest absolute Gasteiger partial charge is 0.127 e. The lowest BCUT2D eigenvalue weighted by Crippen LogP contribution is -2.48. The van der Waals surface area contributed by atoms with Crippen LogP contribution in [-0.2, 0) is 5.60 Å². The van der Waals surface area contributed by atoms with E-state index in [9.17, 15) is 10.2 Å². The van der Waals surface area contributed by atoms with Crippen LogP contribution in [0.3, 0.4) is 0 Å². The van der Waals surface area contributed by atoms with Crippen molar-refractivity contribution in [2.24, 2.45) is 0 Å². The molecule has 0 saturated carbocycles. The summed E-state index contributed by atoms with van der Waals surface area (Å²) < 4.78 is 1.19. The van der Waals surface area contributed by atoms with Gasteiger partial charge < -0.3 is 15.5 Å². The van der Waals surface area contributed by atoms with Gasteiger partial charge in [-0.25, -0.2) is 0 Å². The van der Waals surface area contributed by atoms with E-state index in [2.05, 4.69) is 5.32 Å². The Hall–Kier alpha value is -0.940. The number of nitrogens with one attached hydrogen (secondary N) is 1. The van der Waals surface area contributed by atoms with Crippen molar-refractivity contribution in [3.63, 3.8) is 0 Å². The fourth-order valence-corrected chi connectivity index (χ4v) is 2.72. The monoisotopic (exact) mass is 251 g/mol. The van der Waals surface area contributed by atoms with Crippen molar-refractivity contribution in [2.45, 2.75) is 18.6 Å². The maximum absolute atomic E-state index is 10.5. The average Bonchev–Trinajstić information content (AvgIpc) is 2.83. The Morgan fingerprint density at radius 1 is 1.41 bits per heavy atom. The number of thiophene rings is 1. The van der Waals surface area contributed by atoms with Gasteiger partial charge in [-0.05, 0) is 48.5 Å². The Kier molecular flexibility index (Phi) is 3.49. The zero-order chi connectivity index (χ0) is 12.5. The number of benzene rings is 1. The normalized spacial score (nSPS) is 16.9. The van der Waals surface area contributed by atoms with Gasteiger partial charge in [-0.2, -0.15) is 0 Å². The van der Waals surface area contributed by atoms with Gasteiger partial charge in [0, 0.05) is 10.7 Å². The SMILES string of the molecule is CNC(C)C(O)(CO)c1ccc2sccc2c1. The highest BCUT2D eigenvalue weighted by Gasteiger charge is 2.34. The topological polar surface area (TPSA) is 52.5 Å². The van der Waals surface area contributed by atoms with Gasteiger partial charge in [0.25, 0.3) is 0 Å². The van der Waals surface area contributed by atoms with Crippen molar-refractivity contribution in [3.8, 4) is 0 Å². The van der Waals surface area contributed by atoms with Gasteiger partial charge in [-0.1, -0.05) is 6.07 Å². The van der Waals surface area contributed by atoms with Gasteiger partial charge in [0.15, 0.2) is 0 Å². The molecule has 0 aliphatic heterocycles. The van der Waals surface area contributed by atoms with Crippen molar-refractivity contribution in [1.29, 1.82) is 0 Å². The minimum Gasteiger partial charge on any atom is -0.393 e. The number of rotatable bonds is 4. The van der Waals surface area contributed by atoms with E-state index >= 15 is 0 Å². The summed E-state index contributed by atoms with van der Waals surface area (Å²) in [5, 5.41) is 26.1. The summed E-state index contributed by atoms with van der Waals surface area (Å²) in [6, 6.07) is 7.60. The molecule has 2 atom stereocenters. The van der Waals surface area contributed by atoms with Crippen molar-refractivity contribution in [3.05, 3.63) is 35.2 Å². The molecule has 92 valence electrons. The Labute approximate surface area is 105 Å². The first kappa shape index (κ1) is 12.5. The average molecular weight is 251 g/mol. The molecule has 0 radical (unpaired) electrons. The summed E-state index contributed by atoms with van der Waals surface area (Å²) >= 11 is 1.67. The third-order valence-electron chi connectivity index (χ3n) is 3.34. The van der Waals surface area contributed by atoms with Gasteiger partial charge in [0.05, 0.1) is 6.61 Å². The Balaban J connectivity index is 2.48. The highest BCUT2D eigenvalue weighted by atomic mass is 32.1. The lowest BCUT2D eigenvalue weighted by molar-refractivity contribution is -0.0435. The lowest BCUT2D eigenvalue weighted by Gasteiger charge is -2.32. The van der Waals surface area contributed by atoms with Gasteiger partial charge >= 0.3 is 0 Å². The molecule has 0 bridgehead atoms. The first-order chi connectivity index (χ1) is 8.11. The van der Waals surface area contributed by atoms with Crippen LogP contribution in [0.2, 0.25) is 0 Å². The lowest BCUT2D eigenvalue weighted by atomic mass is 9.87. The van der Waals surface area contributed by atoms with E-state index < -0.39 is 5.60 Å². The molecule has 0 amide bonds. The van der Waals surface area contributed by atoms with Gasteiger partial charge in [0.1, 0.15) is 5.60 Å². The molecule has 1 aromatic heterocycles. The summed E-state index contributed by atoms with van der Waals surface area (Å²) in [6.45, 7) is 1.55. The first-order valence-corrected chi connectivity index (χ1v) is 6.48. The van der Waals surface area contributed by atoms with Gasteiger partial charge in [-0.3, -0.25) is 0 Å². The number of hydrogen-bond donors (Lipinski definition) is 3. The largest absolute Gasteiger partial charge is 0.393 e. The van der Waals surface area contributed by atoms with Crippen LogP contribution in [0.1, 0.15) is 12.5 Å². The maximum Gasteiger partial charge on any atom is 0.127 e. The molecule has 2 aromatic rings. The molecule has 1 aromatic carbocycles. The number of aliphatic hydroxyl groups is 2. The minimum absolute atomic E-state index is 0.219. The highest BCUT2D eigenvalue weighted by Crippen LogP contribution is 2.29. The second kappa shape index (κ2) is 4.74. The van der Waals surface area contributed by atoms with Crippen molar-refractivity contribution >= 4 is 21.4 Å². The van der Waals surface area contributed by atoms with Crippen LogP contribution in [0.15, 0.2) is 29.6 Å². The van der Waals surface area contributed by atoms with Crippen molar-refractivity contribution in [2.75, 3.05) is 13.7 Å². The summed E-state index contributed by atoms with van der Waals surface area (Å²) in [5.74, 6) is 0. The number of hydrogen-bond acceptors (Lipinski definition) is 4. The molecule has 2 unspecified atom stereocenters. The van der Waals surface area contributed by atoms with Crippen LogP contribution in [-0.4, -0.2) is 29.9 Å². The Morgan fingerprint density at radius 3 is 2.82 bits per heavy atom. The summed E-state index contributed by atoms with van der Waals surface area (Å²) in [6.07, 6.45) is 0. The van der Waals surface area contributed by atoms with Gasteiger partial charge in [-0.15, -0.1) is 11.3 Å². The third kappa shape index (κ3) is 2.09. The number of likely N-dealkylation sites (N-methyl/N-ethyl adjacent to an activating group) is 1. The van der Waals surface area contributed by atoms with Gasteiger partial charge in [0.2, 0.25) is 0 Å². The molecule has 1 heterocycles. The molecule has 3 nitrogen and oxygen atoms in total. The Bertz CT molecular complexity index is 511. The van der Waals surface area contributed by atoms with E-state index in [0.29, 0.717) is 0 Å². The number of aliphatic hydroxyl groups excluding tert-OH is 1. The molecule has 2 rings (SSSR count). The second-order valence-corrected chi connectivity index (χ2v) is 5.21. The van der Waals surface area contributed by atoms with E-state index in [1.54, 1.807) is 18.4 Å². The van der Waals surface area contributed by atoms with E-state index in [4.69, 9.17) is 0 Å². The quantitative estimate of drug-likeness (QED) is 0.775. The van der Waals surface area contributed by atoms with Crippen LogP contribution in [0, 0.1) is 0 Å². The fraction of sp³-hybridized carbons (Fsp3) is 0.385. The first-order valence-electron chi connectivity index (χ1n) is 5.60. The van der Waals surface area contributed by atoms with Crippen LogP contribution in [0.4, 0.5) is 0 Å². The molecule has 4 heteroatoms. The van der Waals surface area contributed by atoms with Crippen LogP contribution < -0.4 is 5.32 Å².